The average Bonchev–Trinajstić information content (AvgIpc) is 3.12. The highest BCUT2D eigenvalue weighted by Crippen LogP contribution is 2.20. The first kappa shape index (κ1) is 15.3. The summed E-state index contributed by atoms with van der Waals surface area (Å²) in [6.07, 6.45) is 10.3. The number of amides is 1. The van der Waals surface area contributed by atoms with Crippen LogP contribution in [0.5, 0.6) is 0 Å². The second-order valence-electron chi connectivity index (χ2n) is 5.73. The molecule has 1 heterocycles. The van der Waals surface area contributed by atoms with E-state index in [1.165, 1.54) is 18.4 Å². The van der Waals surface area contributed by atoms with Gasteiger partial charge in [-0.2, -0.15) is 0 Å². The van der Waals surface area contributed by atoms with E-state index in [9.17, 15) is 4.79 Å². The molecule has 0 aliphatic heterocycles. The van der Waals surface area contributed by atoms with Gasteiger partial charge < -0.3 is 9.73 Å². The standard InChI is InChI=1S/C20H21NO2/c22-20(21-15-16-8-3-1-4-9-16)19(14-18-12-7-13-23-18)17-10-5-2-6-11-17/h2,5-8,10-14H,1,3-4,9,15H2,(H,21,22)/b19-14+. The number of nitrogens with one attached hydrogen (secondary N) is 1. The van der Waals surface area contributed by atoms with Crippen LogP contribution in [0.4, 0.5) is 0 Å². The van der Waals surface area contributed by atoms with Crippen molar-refractivity contribution < 1.29 is 9.21 Å². The zero-order valence-electron chi connectivity index (χ0n) is 13.1. The van der Waals surface area contributed by atoms with Crippen LogP contribution in [0.1, 0.15) is 37.0 Å². The molecule has 3 heteroatoms. The first-order valence-corrected chi connectivity index (χ1v) is 8.09. The highest BCUT2D eigenvalue weighted by Gasteiger charge is 2.13. The third-order valence-electron chi connectivity index (χ3n) is 4.02. The smallest absolute Gasteiger partial charge is 0.252 e. The Balaban J connectivity index is 1.77. The molecule has 1 aromatic heterocycles. The van der Waals surface area contributed by atoms with Crippen molar-refractivity contribution in [3.63, 3.8) is 0 Å². The Morgan fingerprint density at radius 3 is 2.70 bits per heavy atom. The summed E-state index contributed by atoms with van der Waals surface area (Å²) < 4.78 is 5.36. The molecular weight excluding hydrogens is 286 g/mol. The second-order valence-corrected chi connectivity index (χ2v) is 5.73. The molecule has 0 bridgehead atoms. The lowest BCUT2D eigenvalue weighted by molar-refractivity contribution is -0.115. The zero-order valence-corrected chi connectivity index (χ0v) is 13.1. The summed E-state index contributed by atoms with van der Waals surface area (Å²) in [5, 5.41) is 3.05. The Kier molecular flexibility index (Phi) is 5.09. The monoisotopic (exact) mass is 307 g/mol. The number of allylic oxidation sites excluding steroid dienone is 1. The van der Waals surface area contributed by atoms with Gasteiger partial charge >= 0.3 is 0 Å². The van der Waals surface area contributed by atoms with Crippen molar-refractivity contribution in [2.75, 3.05) is 6.54 Å². The molecule has 1 aromatic carbocycles. The number of carbonyl (C=O) groups is 1. The highest BCUT2D eigenvalue weighted by molar-refractivity contribution is 6.24. The van der Waals surface area contributed by atoms with Gasteiger partial charge in [-0.1, -0.05) is 42.0 Å². The van der Waals surface area contributed by atoms with Crippen LogP contribution in [0.2, 0.25) is 0 Å². The number of hydrogen-bond acceptors (Lipinski definition) is 2. The lowest BCUT2D eigenvalue weighted by atomic mass is 9.99. The summed E-state index contributed by atoms with van der Waals surface area (Å²) in [6.45, 7) is 0.626. The van der Waals surface area contributed by atoms with Gasteiger partial charge in [0.1, 0.15) is 5.76 Å². The normalized spacial score (nSPS) is 15.1. The summed E-state index contributed by atoms with van der Waals surface area (Å²) in [5.74, 6) is 0.606. The maximum Gasteiger partial charge on any atom is 0.252 e. The van der Waals surface area contributed by atoms with Crippen molar-refractivity contribution in [2.45, 2.75) is 25.7 Å². The summed E-state index contributed by atoms with van der Waals surface area (Å²) in [7, 11) is 0. The van der Waals surface area contributed by atoms with E-state index in [1.807, 2.05) is 42.5 Å². The summed E-state index contributed by atoms with van der Waals surface area (Å²) >= 11 is 0. The molecule has 23 heavy (non-hydrogen) atoms. The maximum atomic E-state index is 12.7. The van der Waals surface area contributed by atoms with Gasteiger partial charge in [0.05, 0.1) is 11.8 Å². The van der Waals surface area contributed by atoms with Crippen LogP contribution < -0.4 is 5.32 Å². The van der Waals surface area contributed by atoms with Crippen LogP contribution in [0.25, 0.3) is 11.6 Å². The third-order valence-corrected chi connectivity index (χ3v) is 4.02. The number of benzene rings is 1. The van der Waals surface area contributed by atoms with E-state index in [-0.39, 0.29) is 5.91 Å². The molecule has 0 unspecified atom stereocenters. The fourth-order valence-electron chi connectivity index (χ4n) is 2.77. The van der Waals surface area contributed by atoms with Crippen molar-refractivity contribution in [2.24, 2.45) is 0 Å². The largest absolute Gasteiger partial charge is 0.465 e. The number of carbonyl (C=O) groups excluding carboxylic acids is 1. The molecule has 3 rings (SSSR count). The average molecular weight is 307 g/mol. The topological polar surface area (TPSA) is 42.2 Å². The molecule has 0 spiro atoms. The van der Waals surface area contributed by atoms with Crippen molar-refractivity contribution in [1.82, 2.24) is 5.32 Å². The molecule has 1 aliphatic carbocycles. The maximum absolute atomic E-state index is 12.7. The van der Waals surface area contributed by atoms with E-state index in [0.29, 0.717) is 17.9 Å². The van der Waals surface area contributed by atoms with Gasteiger partial charge in [-0.3, -0.25) is 4.79 Å². The minimum absolute atomic E-state index is 0.0703. The zero-order chi connectivity index (χ0) is 15.9. The van der Waals surface area contributed by atoms with Gasteiger partial charge in [0, 0.05) is 6.54 Å². The number of rotatable bonds is 5. The van der Waals surface area contributed by atoms with Crippen LogP contribution in [0.15, 0.2) is 64.8 Å². The van der Waals surface area contributed by atoms with Crippen molar-refractivity contribution >= 4 is 17.6 Å². The molecule has 0 radical (unpaired) electrons. The number of hydrogen-bond donors (Lipinski definition) is 1. The minimum Gasteiger partial charge on any atom is -0.465 e. The van der Waals surface area contributed by atoms with Crippen molar-refractivity contribution in [1.29, 1.82) is 0 Å². The van der Waals surface area contributed by atoms with Crippen LogP contribution in [0, 0.1) is 0 Å². The Hall–Kier alpha value is -2.55. The van der Waals surface area contributed by atoms with Crippen LogP contribution in [-0.4, -0.2) is 12.5 Å². The van der Waals surface area contributed by atoms with E-state index in [2.05, 4.69) is 11.4 Å². The van der Waals surface area contributed by atoms with Gasteiger partial charge in [-0.05, 0) is 49.5 Å². The molecule has 1 aliphatic rings. The fraction of sp³-hybridized carbons (Fsp3) is 0.250. The molecule has 0 fully saturated rings. The minimum atomic E-state index is -0.0703. The molecular formula is C20H21NO2. The lowest BCUT2D eigenvalue weighted by Gasteiger charge is -2.14. The molecule has 0 atom stereocenters. The summed E-state index contributed by atoms with van der Waals surface area (Å²) in [6, 6.07) is 13.4. The Labute approximate surface area is 136 Å². The van der Waals surface area contributed by atoms with Gasteiger partial charge in [-0.25, -0.2) is 0 Å². The van der Waals surface area contributed by atoms with Gasteiger partial charge in [0.25, 0.3) is 5.91 Å². The van der Waals surface area contributed by atoms with E-state index >= 15 is 0 Å². The van der Waals surface area contributed by atoms with Gasteiger partial charge in [0.15, 0.2) is 0 Å². The van der Waals surface area contributed by atoms with Crippen LogP contribution in [0.3, 0.4) is 0 Å². The highest BCUT2D eigenvalue weighted by atomic mass is 16.3. The Morgan fingerprint density at radius 1 is 1.13 bits per heavy atom. The molecule has 0 saturated carbocycles. The second kappa shape index (κ2) is 7.63. The first-order valence-electron chi connectivity index (χ1n) is 8.09. The molecule has 3 nitrogen and oxygen atoms in total. The van der Waals surface area contributed by atoms with Gasteiger partial charge in [-0.15, -0.1) is 0 Å². The van der Waals surface area contributed by atoms with E-state index in [4.69, 9.17) is 4.42 Å². The van der Waals surface area contributed by atoms with Crippen LogP contribution in [-0.2, 0) is 4.79 Å². The quantitative estimate of drug-likeness (QED) is 0.655. The molecule has 1 N–H and O–H groups in total. The predicted octanol–water partition coefficient (Wildman–Crippen LogP) is 4.44. The lowest BCUT2D eigenvalue weighted by Crippen LogP contribution is -2.27. The Morgan fingerprint density at radius 2 is 2.00 bits per heavy atom. The van der Waals surface area contributed by atoms with E-state index in [0.717, 1.165) is 18.4 Å². The molecule has 2 aromatic rings. The summed E-state index contributed by atoms with van der Waals surface area (Å²) in [4.78, 5) is 12.7. The van der Waals surface area contributed by atoms with Crippen molar-refractivity contribution in [3.8, 4) is 0 Å². The van der Waals surface area contributed by atoms with E-state index in [1.54, 1.807) is 12.3 Å². The third kappa shape index (κ3) is 4.22. The summed E-state index contributed by atoms with van der Waals surface area (Å²) in [5.41, 5.74) is 2.84. The fourth-order valence-corrected chi connectivity index (χ4v) is 2.77. The van der Waals surface area contributed by atoms with Crippen LogP contribution >= 0.6 is 0 Å². The van der Waals surface area contributed by atoms with Crippen molar-refractivity contribution in [3.05, 3.63) is 71.7 Å². The molecule has 1 amide bonds. The van der Waals surface area contributed by atoms with E-state index < -0.39 is 0 Å². The van der Waals surface area contributed by atoms with Gasteiger partial charge in [0.2, 0.25) is 0 Å². The number of furan rings is 1. The molecule has 118 valence electrons. The molecule has 0 saturated heterocycles. The first-order chi connectivity index (χ1) is 11.3. The predicted molar refractivity (Wildman–Crippen MR) is 92.6 cm³/mol. The SMILES string of the molecule is O=C(NCC1=CCCCC1)/C(=C/c1ccco1)c1ccccc1. The Bertz CT molecular complexity index is 697.